The number of allylic oxidation sites excluding steroid dienone is 1. The summed E-state index contributed by atoms with van der Waals surface area (Å²) in [5.41, 5.74) is 5.94. The van der Waals surface area contributed by atoms with Crippen molar-refractivity contribution in [2.45, 2.75) is 13.5 Å². The first-order valence-corrected chi connectivity index (χ1v) is 10.5. The molecule has 31 heavy (non-hydrogen) atoms. The average molecular weight is 417 g/mol. The van der Waals surface area contributed by atoms with Crippen molar-refractivity contribution in [3.05, 3.63) is 65.5 Å². The van der Waals surface area contributed by atoms with E-state index in [1.54, 1.807) is 0 Å². The highest BCUT2D eigenvalue weighted by atomic mass is 16.5. The molecule has 7 heteroatoms. The second-order valence-electron chi connectivity index (χ2n) is 7.72. The van der Waals surface area contributed by atoms with E-state index in [4.69, 9.17) is 10.1 Å². The summed E-state index contributed by atoms with van der Waals surface area (Å²) < 4.78 is 5.48. The Kier molecular flexibility index (Phi) is 6.54. The molecule has 3 aromatic rings. The molecule has 4 rings (SSSR count). The van der Waals surface area contributed by atoms with E-state index in [1.165, 1.54) is 17.3 Å². The molecule has 0 aliphatic carbocycles. The molecular formula is C24H28N6O. The van der Waals surface area contributed by atoms with Crippen LogP contribution < -0.4 is 10.6 Å². The molecule has 0 unspecified atom stereocenters. The Labute approximate surface area is 182 Å². The second kappa shape index (κ2) is 9.68. The van der Waals surface area contributed by atoms with E-state index in [1.807, 2.05) is 31.6 Å². The highest BCUT2D eigenvalue weighted by Crippen LogP contribution is 2.24. The van der Waals surface area contributed by atoms with E-state index in [9.17, 15) is 0 Å². The highest BCUT2D eigenvalue weighted by molar-refractivity contribution is 6.08. The highest BCUT2D eigenvalue weighted by Gasteiger charge is 2.13. The van der Waals surface area contributed by atoms with E-state index < -0.39 is 0 Å². The lowest BCUT2D eigenvalue weighted by Gasteiger charge is -2.27. The van der Waals surface area contributed by atoms with Gasteiger partial charge in [-0.05, 0) is 48.4 Å². The molecule has 0 saturated carbocycles. The molecule has 0 radical (unpaired) electrons. The number of morpholine rings is 1. The van der Waals surface area contributed by atoms with Gasteiger partial charge in [0.05, 0.1) is 18.7 Å². The van der Waals surface area contributed by atoms with Crippen molar-refractivity contribution in [2.24, 2.45) is 0 Å². The number of aryl methyl sites for hydroxylation is 1. The van der Waals surface area contributed by atoms with Crippen LogP contribution in [0, 0.1) is 12.3 Å². The fraction of sp³-hybridized carbons (Fsp3) is 0.292. The van der Waals surface area contributed by atoms with Crippen molar-refractivity contribution in [1.29, 1.82) is 5.41 Å². The minimum Gasteiger partial charge on any atom is -0.393 e. The summed E-state index contributed by atoms with van der Waals surface area (Å²) in [6, 6.07) is 12.4. The molecule has 2 heterocycles. The Hall–Kier alpha value is -3.29. The van der Waals surface area contributed by atoms with E-state index >= 15 is 0 Å². The summed E-state index contributed by atoms with van der Waals surface area (Å²) in [6.45, 7) is 6.26. The largest absolute Gasteiger partial charge is 0.393 e. The van der Waals surface area contributed by atoms with Gasteiger partial charge in [0.25, 0.3) is 0 Å². The first-order valence-electron chi connectivity index (χ1n) is 10.5. The Bertz CT molecular complexity index is 1100. The van der Waals surface area contributed by atoms with Crippen molar-refractivity contribution >= 4 is 34.3 Å². The SMILES string of the molecule is CN/C=C(\C=N)c1cc(CN2CCOCC2)cc(Nc2ncc3cc(C)ccc3n2)c1. The molecule has 1 aliphatic heterocycles. The predicted molar refractivity (Wildman–Crippen MR) is 126 cm³/mol. The van der Waals surface area contributed by atoms with Gasteiger partial charge in [0.1, 0.15) is 0 Å². The van der Waals surface area contributed by atoms with Crippen molar-refractivity contribution < 1.29 is 4.74 Å². The maximum absolute atomic E-state index is 7.82. The summed E-state index contributed by atoms with van der Waals surface area (Å²) in [7, 11) is 1.84. The number of anilines is 2. The van der Waals surface area contributed by atoms with Gasteiger partial charge in [0.2, 0.25) is 5.95 Å². The van der Waals surface area contributed by atoms with Crippen LogP contribution in [-0.2, 0) is 11.3 Å². The standard InChI is InChI=1S/C24H28N6O/c1-17-3-4-23-20(9-17)15-27-24(29-23)28-22-11-18(16-30-5-7-31-8-6-30)10-19(12-22)21(13-25)14-26-2/h3-4,9-15,25-26H,5-8,16H2,1-2H3,(H,27,28,29)/b21-14+,25-13?. The first-order chi connectivity index (χ1) is 15.1. The van der Waals surface area contributed by atoms with E-state index in [-0.39, 0.29) is 0 Å². The number of rotatable bonds is 7. The van der Waals surface area contributed by atoms with E-state index in [2.05, 4.69) is 56.7 Å². The van der Waals surface area contributed by atoms with Gasteiger partial charge in [0, 0.05) is 61.9 Å². The van der Waals surface area contributed by atoms with Crippen LogP contribution in [0.15, 0.2) is 48.8 Å². The van der Waals surface area contributed by atoms with Crippen LogP contribution in [-0.4, -0.2) is 54.4 Å². The minimum atomic E-state index is 0.555. The number of nitrogens with zero attached hydrogens (tertiary/aromatic N) is 3. The number of nitrogens with one attached hydrogen (secondary N) is 3. The zero-order chi connectivity index (χ0) is 21.6. The molecule has 1 aromatic heterocycles. The minimum absolute atomic E-state index is 0.555. The Balaban J connectivity index is 1.66. The van der Waals surface area contributed by atoms with Crippen molar-refractivity contribution in [1.82, 2.24) is 20.2 Å². The zero-order valence-electron chi connectivity index (χ0n) is 18.0. The molecule has 0 atom stereocenters. The summed E-state index contributed by atoms with van der Waals surface area (Å²) in [5.74, 6) is 0.555. The van der Waals surface area contributed by atoms with Crippen LogP contribution in [0.2, 0.25) is 0 Å². The van der Waals surface area contributed by atoms with Gasteiger partial charge in [-0.25, -0.2) is 9.97 Å². The van der Waals surface area contributed by atoms with Crippen LogP contribution in [0.3, 0.4) is 0 Å². The van der Waals surface area contributed by atoms with Crippen LogP contribution in [0.25, 0.3) is 16.5 Å². The van der Waals surface area contributed by atoms with Crippen molar-refractivity contribution in [3.8, 4) is 0 Å². The maximum atomic E-state index is 7.82. The van der Waals surface area contributed by atoms with Crippen molar-refractivity contribution in [2.75, 3.05) is 38.7 Å². The molecule has 0 bridgehead atoms. The van der Waals surface area contributed by atoms with Crippen LogP contribution in [0.1, 0.15) is 16.7 Å². The summed E-state index contributed by atoms with van der Waals surface area (Å²) in [4.78, 5) is 11.5. The number of fused-ring (bicyclic) bond motifs is 1. The lowest BCUT2D eigenvalue weighted by molar-refractivity contribution is 0.0342. The number of benzene rings is 2. The third-order valence-electron chi connectivity index (χ3n) is 5.28. The van der Waals surface area contributed by atoms with Crippen LogP contribution in [0.5, 0.6) is 0 Å². The molecule has 1 saturated heterocycles. The van der Waals surface area contributed by atoms with Gasteiger partial charge >= 0.3 is 0 Å². The van der Waals surface area contributed by atoms with Gasteiger partial charge < -0.3 is 20.8 Å². The molecular weight excluding hydrogens is 388 g/mol. The molecule has 2 aromatic carbocycles. The van der Waals surface area contributed by atoms with E-state index in [0.29, 0.717) is 5.95 Å². The monoisotopic (exact) mass is 416 g/mol. The van der Waals surface area contributed by atoms with Crippen molar-refractivity contribution in [3.63, 3.8) is 0 Å². The second-order valence-corrected chi connectivity index (χ2v) is 7.72. The van der Waals surface area contributed by atoms with Crippen LogP contribution >= 0.6 is 0 Å². The molecule has 1 fully saturated rings. The third-order valence-corrected chi connectivity index (χ3v) is 5.28. The lowest BCUT2D eigenvalue weighted by atomic mass is 10.0. The fourth-order valence-corrected chi connectivity index (χ4v) is 3.75. The smallest absolute Gasteiger partial charge is 0.227 e. The van der Waals surface area contributed by atoms with Gasteiger partial charge in [-0.2, -0.15) is 0 Å². The quantitative estimate of drug-likeness (QED) is 0.509. The van der Waals surface area contributed by atoms with Gasteiger partial charge in [-0.15, -0.1) is 0 Å². The zero-order valence-corrected chi connectivity index (χ0v) is 18.0. The molecule has 0 amide bonds. The normalized spacial score (nSPS) is 15.1. The van der Waals surface area contributed by atoms with Gasteiger partial charge in [-0.3, -0.25) is 4.90 Å². The van der Waals surface area contributed by atoms with E-state index in [0.717, 1.165) is 60.6 Å². The topological polar surface area (TPSA) is 86.2 Å². The predicted octanol–water partition coefficient (Wildman–Crippen LogP) is 3.72. The van der Waals surface area contributed by atoms with Crippen LogP contribution in [0.4, 0.5) is 11.6 Å². The summed E-state index contributed by atoms with van der Waals surface area (Å²) in [5, 5.41) is 15.2. The van der Waals surface area contributed by atoms with Gasteiger partial charge in [0.15, 0.2) is 0 Å². The first kappa shape index (κ1) is 21.0. The Morgan fingerprint density at radius 2 is 2.03 bits per heavy atom. The van der Waals surface area contributed by atoms with Gasteiger partial charge in [-0.1, -0.05) is 11.6 Å². The molecule has 1 aliphatic rings. The molecule has 0 spiro atoms. The summed E-state index contributed by atoms with van der Waals surface area (Å²) >= 11 is 0. The number of aromatic nitrogens is 2. The maximum Gasteiger partial charge on any atom is 0.227 e. The molecule has 3 N–H and O–H groups in total. The third kappa shape index (κ3) is 5.25. The molecule has 7 nitrogen and oxygen atoms in total. The molecule has 160 valence electrons. The number of ether oxygens (including phenoxy) is 1. The Morgan fingerprint density at radius 3 is 2.81 bits per heavy atom. The lowest BCUT2D eigenvalue weighted by Crippen LogP contribution is -2.35. The number of hydrogen-bond donors (Lipinski definition) is 3. The number of hydrogen-bond acceptors (Lipinski definition) is 7. The average Bonchev–Trinajstić information content (AvgIpc) is 2.78. The summed E-state index contributed by atoms with van der Waals surface area (Å²) in [6.07, 6.45) is 5.04. The fourth-order valence-electron chi connectivity index (χ4n) is 3.75. The Morgan fingerprint density at radius 1 is 1.19 bits per heavy atom.